The van der Waals surface area contributed by atoms with E-state index in [2.05, 4.69) is 15.5 Å². The zero-order valence-electron chi connectivity index (χ0n) is 17.4. The van der Waals surface area contributed by atoms with Gasteiger partial charge in [-0.3, -0.25) is 4.79 Å². The molecule has 8 nitrogen and oxygen atoms in total. The Morgan fingerprint density at radius 1 is 1.13 bits per heavy atom. The monoisotopic (exact) mass is 442 g/mol. The van der Waals surface area contributed by atoms with E-state index >= 15 is 0 Å². The summed E-state index contributed by atoms with van der Waals surface area (Å²) in [6.07, 6.45) is 0. The summed E-state index contributed by atoms with van der Waals surface area (Å²) < 4.78 is 21.0. The largest absolute Gasteiger partial charge is 0.494 e. The predicted molar refractivity (Wildman–Crippen MR) is 116 cm³/mol. The SMILES string of the molecule is COc1ccc(C)cc1-n1nnnc1SCC(=O)N1CCN(c2ccccc2F)CC1. The van der Waals surface area contributed by atoms with E-state index in [1.165, 1.54) is 17.8 Å². The molecule has 1 aromatic heterocycles. The summed E-state index contributed by atoms with van der Waals surface area (Å²) in [7, 11) is 1.59. The summed E-state index contributed by atoms with van der Waals surface area (Å²) in [5.74, 6) is 0.629. The molecule has 0 spiro atoms. The van der Waals surface area contributed by atoms with E-state index in [-0.39, 0.29) is 17.5 Å². The number of anilines is 1. The van der Waals surface area contributed by atoms with Crippen molar-refractivity contribution in [3.05, 3.63) is 53.8 Å². The third-order valence-corrected chi connectivity index (χ3v) is 6.06. The molecular formula is C21H23FN6O2S. The lowest BCUT2D eigenvalue weighted by atomic mass is 10.2. The van der Waals surface area contributed by atoms with Crippen LogP contribution in [0.15, 0.2) is 47.6 Å². The number of piperazine rings is 1. The summed E-state index contributed by atoms with van der Waals surface area (Å²) in [4.78, 5) is 16.5. The molecule has 162 valence electrons. The van der Waals surface area contributed by atoms with Crippen LogP contribution in [0.25, 0.3) is 5.69 Å². The number of para-hydroxylation sites is 1. The quantitative estimate of drug-likeness (QED) is 0.543. The molecule has 1 amide bonds. The van der Waals surface area contributed by atoms with E-state index in [0.29, 0.717) is 42.8 Å². The van der Waals surface area contributed by atoms with Gasteiger partial charge >= 0.3 is 0 Å². The van der Waals surface area contributed by atoms with Crippen molar-refractivity contribution in [1.29, 1.82) is 0 Å². The number of methoxy groups -OCH3 is 1. The van der Waals surface area contributed by atoms with Crippen LogP contribution >= 0.6 is 11.8 Å². The summed E-state index contributed by atoms with van der Waals surface area (Å²) >= 11 is 1.28. The number of amides is 1. The fourth-order valence-corrected chi connectivity index (χ4v) is 4.29. The summed E-state index contributed by atoms with van der Waals surface area (Å²) in [6, 6.07) is 12.5. The minimum absolute atomic E-state index is 0.00365. The first-order valence-corrected chi connectivity index (χ1v) is 10.9. The first-order valence-electron chi connectivity index (χ1n) is 9.90. The normalized spacial score (nSPS) is 14.0. The van der Waals surface area contributed by atoms with E-state index < -0.39 is 0 Å². The highest BCUT2D eigenvalue weighted by Crippen LogP contribution is 2.27. The second-order valence-corrected chi connectivity index (χ2v) is 8.10. The standard InChI is InChI=1S/C21H23FN6O2S/c1-15-7-8-19(30-2)18(13-15)28-21(23-24-25-28)31-14-20(29)27-11-9-26(10-12-27)17-6-4-3-5-16(17)22/h3-8,13H,9-12,14H2,1-2H3. The molecule has 0 atom stereocenters. The highest BCUT2D eigenvalue weighted by Gasteiger charge is 2.23. The number of carbonyl (C=O) groups excluding carboxylic acids is 1. The van der Waals surface area contributed by atoms with Crippen molar-refractivity contribution in [2.45, 2.75) is 12.1 Å². The average Bonchev–Trinajstić information content (AvgIpc) is 3.26. The summed E-state index contributed by atoms with van der Waals surface area (Å²) in [5, 5.41) is 12.4. The summed E-state index contributed by atoms with van der Waals surface area (Å²) in [5.41, 5.74) is 2.35. The number of hydrogen-bond acceptors (Lipinski definition) is 7. The zero-order valence-corrected chi connectivity index (χ0v) is 18.2. The average molecular weight is 443 g/mol. The Morgan fingerprint density at radius 2 is 1.90 bits per heavy atom. The lowest BCUT2D eigenvalue weighted by Crippen LogP contribution is -2.49. The van der Waals surface area contributed by atoms with Gasteiger partial charge in [0.15, 0.2) is 0 Å². The van der Waals surface area contributed by atoms with Gasteiger partial charge in [0.25, 0.3) is 0 Å². The van der Waals surface area contributed by atoms with Crippen LogP contribution in [-0.2, 0) is 4.79 Å². The number of aromatic nitrogens is 4. The maximum Gasteiger partial charge on any atom is 0.233 e. The van der Waals surface area contributed by atoms with Gasteiger partial charge in [0.05, 0.1) is 18.6 Å². The maximum atomic E-state index is 14.0. The maximum absolute atomic E-state index is 14.0. The van der Waals surface area contributed by atoms with Gasteiger partial charge in [0, 0.05) is 26.2 Å². The van der Waals surface area contributed by atoms with Crippen LogP contribution in [0.1, 0.15) is 5.56 Å². The van der Waals surface area contributed by atoms with Gasteiger partial charge < -0.3 is 14.5 Å². The van der Waals surface area contributed by atoms with Gasteiger partial charge in [-0.05, 0) is 47.2 Å². The molecule has 1 aliphatic rings. The Hall–Kier alpha value is -3.14. The van der Waals surface area contributed by atoms with Gasteiger partial charge in [0.1, 0.15) is 17.3 Å². The second-order valence-electron chi connectivity index (χ2n) is 7.16. The van der Waals surface area contributed by atoms with Crippen LogP contribution in [0.3, 0.4) is 0 Å². The number of nitrogens with zero attached hydrogens (tertiary/aromatic N) is 6. The molecule has 10 heteroatoms. The molecule has 1 aliphatic heterocycles. The third kappa shape index (κ3) is 4.63. The van der Waals surface area contributed by atoms with Crippen LogP contribution in [0.5, 0.6) is 5.75 Å². The van der Waals surface area contributed by atoms with Gasteiger partial charge in [-0.1, -0.05) is 30.0 Å². The van der Waals surface area contributed by atoms with Crippen molar-refractivity contribution in [1.82, 2.24) is 25.1 Å². The molecule has 0 unspecified atom stereocenters. The van der Waals surface area contributed by atoms with Gasteiger partial charge in [-0.2, -0.15) is 4.68 Å². The third-order valence-electron chi connectivity index (χ3n) is 5.15. The molecule has 31 heavy (non-hydrogen) atoms. The lowest BCUT2D eigenvalue weighted by Gasteiger charge is -2.36. The summed E-state index contributed by atoms with van der Waals surface area (Å²) in [6.45, 7) is 4.25. The Labute approximate surface area is 184 Å². The topological polar surface area (TPSA) is 76.4 Å². The van der Waals surface area contributed by atoms with Crippen LogP contribution in [0, 0.1) is 12.7 Å². The molecule has 0 bridgehead atoms. The van der Waals surface area contributed by atoms with Crippen molar-refractivity contribution in [3.63, 3.8) is 0 Å². The van der Waals surface area contributed by atoms with Gasteiger partial charge in [0.2, 0.25) is 11.1 Å². The van der Waals surface area contributed by atoms with Crippen molar-refractivity contribution in [3.8, 4) is 11.4 Å². The molecule has 0 N–H and O–H groups in total. The van der Waals surface area contributed by atoms with Crippen molar-refractivity contribution in [2.75, 3.05) is 43.9 Å². The number of aryl methyl sites for hydroxylation is 1. The molecule has 3 aromatic rings. The smallest absolute Gasteiger partial charge is 0.233 e. The molecule has 2 heterocycles. The molecular weight excluding hydrogens is 419 g/mol. The fourth-order valence-electron chi connectivity index (χ4n) is 3.51. The Bertz CT molecular complexity index is 1070. The number of halogens is 1. The van der Waals surface area contributed by atoms with E-state index in [9.17, 15) is 9.18 Å². The number of thioether (sulfide) groups is 1. The minimum atomic E-state index is -0.240. The zero-order chi connectivity index (χ0) is 21.8. The molecule has 0 aliphatic carbocycles. The van der Waals surface area contributed by atoms with E-state index in [1.54, 1.807) is 28.8 Å². The van der Waals surface area contributed by atoms with Crippen LogP contribution in [0.4, 0.5) is 10.1 Å². The van der Waals surface area contributed by atoms with Crippen molar-refractivity contribution >= 4 is 23.4 Å². The lowest BCUT2D eigenvalue weighted by molar-refractivity contribution is -0.128. The molecule has 4 rings (SSSR count). The molecule has 0 radical (unpaired) electrons. The highest BCUT2D eigenvalue weighted by molar-refractivity contribution is 7.99. The Kier molecular flexibility index (Phi) is 6.36. The Morgan fingerprint density at radius 3 is 2.65 bits per heavy atom. The number of benzene rings is 2. The number of carbonyl (C=O) groups is 1. The van der Waals surface area contributed by atoms with Crippen molar-refractivity contribution in [2.24, 2.45) is 0 Å². The van der Waals surface area contributed by atoms with E-state index in [0.717, 1.165) is 11.3 Å². The number of ether oxygens (including phenoxy) is 1. The van der Waals surface area contributed by atoms with Gasteiger partial charge in [-0.15, -0.1) is 5.10 Å². The fraction of sp³-hybridized carbons (Fsp3) is 0.333. The van der Waals surface area contributed by atoms with Crippen LogP contribution in [0.2, 0.25) is 0 Å². The number of rotatable bonds is 6. The Balaban J connectivity index is 1.37. The first kappa shape index (κ1) is 21.1. The first-order chi connectivity index (χ1) is 15.1. The molecule has 2 aromatic carbocycles. The molecule has 1 fully saturated rings. The van der Waals surface area contributed by atoms with Crippen LogP contribution in [-0.4, -0.2) is 70.1 Å². The van der Waals surface area contributed by atoms with Crippen molar-refractivity contribution < 1.29 is 13.9 Å². The second kappa shape index (κ2) is 9.34. The minimum Gasteiger partial charge on any atom is -0.494 e. The number of hydrogen-bond donors (Lipinski definition) is 0. The number of tetrazole rings is 1. The highest BCUT2D eigenvalue weighted by atomic mass is 32.2. The molecule has 0 saturated carbocycles. The molecule has 1 saturated heterocycles. The predicted octanol–water partition coefficient (Wildman–Crippen LogP) is 2.56. The van der Waals surface area contributed by atoms with E-state index in [1.807, 2.05) is 36.1 Å². The van der Waals surface area contributed by atoms with E-state index in [4.69, 9.17) is 4.74 Å². The van der Waals surface area contributed by atoms with Gasteiger partial charge in [-0.25, -0.2) is 4.39 Å². The van der Waals surface area contributed by atoms with Crippen LogP contribution < -0.4 is 9.64 Å².